The fourth-order valence-corrected chi connectivity index (χ4v) is 2.59. The summed E-state index contributed by atoms with van der Waals surface area (Å²) in [5, 5.41) is 5.96. The van der Waals surface area contributed by atoms with Gasteiger partial charge in [-0.2, -0.15) is 0 Å². The van der Waals surface area contributed by atoms with Gasteiger partial charge in [0.25, 0.3) is 0 Å². The highest BCUT2D eigenvalue weighted by molar-refractivity contribution is 5.76. The van der Waals surface area contributed by atoms with Gasteiger partial charge in [-0.25, -0.2) is 9.97 Å². The van der Waals surface area contributed by atoms with Crippen molar-refractivity contribution in [2.75, 3.05) is 25.5 Å². The second-order valence-electron chi connectivity index (χ2n) is 5.49. The first-order chi connectivity index (χ1) is 11.2. The number of fused-ring (bicyclic) bond motifs is 1. The number of amides is 1. The highest BCUT2D eigenvalue weighted by atomic mass is 16.1. The zero-order chi connectivity index (χ0) is 16.2. The summed E-state index contributed by atoms with van der Waals surface area (Å²) in [6.07, 6.45) is 3.93. The van der Waals surface area contributed by atoms with Crippen LogP contribution in [-0.4, -0.2) is 41.5 Å². The maximum Gasteiger partial charge on any atom is 0.221 e. The van der Waals surface area contributed by atoms with Crippen LogP contribution in [0.15, 0.2) is 24.5 Å². The number of carbonyl (C=O) groups is 1. The van der Waals surface area contributed by atoms with Crippen molar-refractivity contribution >= 4 is 11.7 Å². The lowest BCUT2D eigenvalue weighted by Crippen LogP contribution is -2.28. The van der Waals surface area contributed by atoms with E-state index in [2.05, 4.69) is 20.6 Å². The molecule has 7 nitrogen and oxygen atoms in total. The van der Waals surface area contributed by atoms with Gasteiger partial charge in [0, 0.05) is 63.7 Å². The summed E-state index contributed by atoms with van der Waals surface area (Å²) in [4.78, 5) is 27.0. The van der Waals surface area contributed by atoms with Gasteiger partial charge in [0.1, 0.15) is 5.82 Å². The zero-order valence-corrected chi connectivity index (χ0v) is 13.3. The first-order valence-electron chi connectivity index (χ1n) is 7.61. The van der Waals surface area contributed by atoms with Gasteiger partial charge < -0.3 is 15.5 Å². The van der Waals surface area contributed by atoms with Gasteiger partial charge in [-0.15, -0.1) is 0 Å². The van der Waals surface area contributed by atoms with Crippen molar-refractivity contribution in [3.8, 4) is 11.4 Å². The second-order valence-corrected chi connectivity index (χ2v) is 5.49. The van der Waals surface area contributed by atoms with Crippen molar-refractivity contribution in [3.63, 3.8) is 0 Å². The van der Waals surface area contributed by atoms with Crippen LogP contribution in [0.1, 0.15) is 17.7 Å². The van der Waals surface area contributed by atoms with E-state index in [0.717, 1.165) is 35.7 Å². The fraction of sp³-hybridized carbons (Fsp3) is 0.375. The van der Waals surface area contributed by atoms with Crippen LogP contribution in [0, 0.1) is 0 Å². The van der Waals surface area contributed by atoms with Crippen LogP contribution in [-0.2, 0) is 17.9 Å². The van der Waals surface area contributed by atoms with E-state index in [-0.39, 0.29) is 5.91 Å². The molecule has 23 heavy (non-hydrogen) atoms. The Hall–Kier alpha value is -2.54. The molecule has 2 aromatic heterocycles. The number of rotatable bonds is 5. The minimum atomic E-state index is 0.0214. The molecule has 0 spiro atoms. The largest absolute Gasteiger partial charge is 0.359 e. The van der Waals surface area contributed by atoms with Crippen LogP contribution in [0.5, 0.6) is 0 Å². The summed E-state index contributed by atoms with van der Waals surface area (Å²) in [6.45, 7) is 2.10. The van der Waals surface area contributed by atoms with Crippen LogP contribution in [0.4, 0.5) is 5.82 Å². The molecular weight excluding hydrogens is 292 g/mol. The predicted octanol–water partition coefficient (Wildman–Crippen LogP) is 0.714. The van der Waals surface area contributed by atoms with Crippen LogP contribution >= 0.6 is 0 Å². The Morgan fingerprint density at radius 3 is 3.00 bits per heavy atom. The van der Waals surface area contributed by atoms with E-state index in [1.807, 2.05) is 24.1 Å². The van der Waals surface area contributed by atoms with Gasteiger partial charge >= 0.3 is 0 Å². The summed E-state index contributed by atoms with van der Waals surface area (Å²) in [7, 11) is 3.60. The summed E-state index contributed by atoms with van der Waals surface area (Å²) < 4.78 is 0. The second kappa shape index (κ2) is 6.70. The molecule has 7 heteroatoms. The number of carbonyl (C=O) groups excluding carboxylic acids is 1. The van der Waals surface area contributed by atoms with E-state index in [1.165, 1.54) is 0 Å². The maximum absolute atomic E-state index is 11.5. The number of aromatic nitrogens is 3. The van der Waals surface area contributed by atoms with Crippen molar-refractivity contribution < 1.29 is 4.79 Å². The quantitative estimate of drug-likeness (QED) is 0.846. The molecule has 0 saturated heterocycles. The Bertz CT molecular complexity index is 703. The minimum Gasteiger partial charge on any atom is -0.359 e. The minimum absolute atomic E-state index is 0.0214. The van der Waals surface area contributed by atoms with Crippen LogP contribution < -0.4 is 15.5 Å². The summed E-state index contributed by atoms with van der Waals surface area (Å²) in [6, 6.07) is 3.82. The summed E-state index contributed by atoms with van der Waals surface area (Å²) in [5.74, 6) is 1.57. The molecule has 2 N–H and O–H groups in total. The molecule has 0 radical (unpaired) electrons. The molecule has 120 valence electrons. The topological polar surface area (TPSA) is 83.0 Å². The predicted molar refractivity (Wildman–Crippen MR) is 87.8 cm³/mol. The first-order valence-corrected chi connectivity index (χ1v) is 7.61. The van der Waals surface area contributed by atoms with E-state index < -0.39 is 0 Å². The number of hydrogen-bond donors (Lipinski definition) is 2. The molecule has 0 aliphatic carbocycles. The highest BCUT2D eigenvalue weighted by Gasteiger charge is 2.22. The molecule has 0 saturated carbocycles. The van der Waals surface area contributed by atoms with Crippen LogP contribution in [0.2, 0.25) is 0 Å². The molecule has 0 atom stereocenters. The van der Waals surface area contributed by atoms with E-state index >= 15 is 0 Å². The lowest BCUT2D eigenvalue weighted by molar-refractivity contribution is -0.120. The fourth-order valence-electron chi connectivity index (χ4n) is 2.59. The third-order valence-corrected chi connectivity index (χ3v) is 3.90. The van der Waals surface area contributed by atoms with Gasteiger partial charge in [-0.05, 0) is 12.1 Å². The van der Waals surface area contributed by atoms with Crippen LogP contribution in [0.3, 0.4) is 0 Å². The Morgan fingerprint density at radius 2 is 2.26 bits per heavy atom. The third kappa shape index (κ3) is 3.29. The Kier molecular flexibility index (Phi) is 4.47. The normalized spacial score (nSPS) is 12.8. The molecule has 0 fully saturated rings. The standard InChI is InChI=1S/C16H20N6O/c1-17-14(23)5-7-22(2)16-12-9-19-10-13(12)20-15(21-16)11-4-3-6-18-8-11/h3-4,6,8,19H,5,7,9-10H2,1-2H3,(H,17,23). The molecule has 3 rings (SSSR count). The van der Waals surface area contributed by atoms with Gasteiger partial charge in [0.05, 0.1) is 5.69 Å². The Morgan fingerprint density at radius 1 is 1.39 bits per heavy atom. The number of anilines is 1. The molecule has 0 bridgehead atoms. The van der Waals surface area contributed by atoms with Crippen molar-refractivity contribution in [2.45, 2.75) is 19.5 Å². The third-order valence-electron chi connectivity index (χ3n) is 3.90. The van der Waals surface area contributed by atoms with Gasteiger partial charge in [0.2, 0.25) is 5.91 Å². The van der Waals surface area contributed by atoms with Gasteiger partial charge in [0.15, 0.2) is 5.82 Å². The molecule has 1 aliphatic rings. The van der Waals surface area contributed by atoms with Crippen molar-refractivity contribution in [3.05, 3.63) is 35.8 Å². The summed E-state index contributed by atoms with van der Waals surface area (Å²) in [5.41, 5.74) is 3.01. The number of pyridine rings is 1. The zero-order valence-electron chi connectivity index (χ0n) is 13.3. The lowest BCUT2D eigenvalue weighted by atomic mass is 10.2. The average Bonchev–Trinajstić information content (AvgIpc) is 3.07. The van der Waals surface area contributed by atoms with E-state index in [9.17, 15) is 4.79 Å². The monoisotopic (exact) mass is 312 g/mol. The van der Waals surface area contributed by atoms with E-state index in [0.29, 0.717) is 18.8 Å². The van der Waals surface area contributed by atoms with Crippen molar-refractivity contribution in [2.24, 2.45) is 0 Å². The number of nitrogens with zero attached hydrogens (tertiary/aromatic N) is 4. The van der Waals surface area contributed by atoms with Gasteiger partial charge in [-0.1, -0.05) is 0 Å². The lowest BCUT2D eigenvalue weighted by Gasteiger charge is -2.21. The smallest absolute Gasteiger partial charge is 0.221 e. The Balaban J connectivity index is 1.92. The van der Waals surface area contributed by atoms with Gasteiger partial charge in [-0.3, -0.25) is 9.78 Å². The molecule has 1 aliphatic heterocycles. The van der Waals surface area contributed by atoms with E-state index in [4.69, 9.17) is 4.98 Å². The molecule has 2 aromatic rings. The maximum atomic E-state index is 11.5. The molecule has 3 heterocycles. The average molecular weight is 312 g/mol. The first kappa shape index (κ1) is 15.4. The Labute approximate surface area is 135 Å². The van der Waals surface area contributed by atoms with Crippen molar-refractivity contribution in [1.29, 1.82) is 0 Å². The molecule has 0 unspecified atom stereocenters. The van der Waals surface area contributed by atoms with Crippen LogP contribution in [0.25, 0.3) is 11.4 Å². The molecule has 0 aromatic carbocycles. The molecular formula is C16H20N6O. The number of hydrogen-bond acceptors (Lipinski definition) is 6. The number of nitrogens with one attached hydrogen (secondary N) is 2. The van der Waals surface area contributed by atoms with Crippen molar-refractivity contribution in [1.82, 2.24) is 25.6 Å². The van der Waals surface area contributed by atoms with E-state index in [1.54, 1.807) is 19.4 Å². The molecule has 1 amide bonds. The SMILES string of the molecule is CNC(=O)CCN(C)c1nc(-c2cccnc2)nc2c1CNC2. The summed E-state index contributed by atoms with van der Waals surface area (Å²) >= 11 is 0. The highest BCUT2D eigenvalue weighted by Crippen LogP contribution is 2.27.